The molecule has 0 aromatic carbocycles. The highest BCUT2D eigenvalue weighted by Gasteiger charge is 2.18. The fourth-order valence-corrected chi connectivity index (χ4v) is 3.47. The molecule has 0 spiro atoms. The molecule has 6 heteroatoms. The van der Waals surface area contributed by atoms with E-state index in [1.165, 1.54) is 4.88 Å². The zero-order chi connectivity index (χ0) is 13.0. The van der Waals surface area contributed by atoms with Crippen LogP contribution in [0.3, 0.4) is 0 Å². The summed E-state index contributed by atoms with van der Waals surface area (Å²) in [6, 6.07) is 2.31. The van der Waals surface area contributed by atoms with Crippen molar-refractivity contribution in [2.24, 2.45) is 5.73 Å². The van der Waals surface area contributed by atoms with Crippen LogP contribution in [0.1, 0.15) is 10.9 Å². The minimum absolute atomic E-state index is 0.240. The second-order valence-electron chi connectivity index (χ2n) is 4.31. The van der Waals surface area contributed by atoms with Crippen molar-refractivity contribution in [2.45, 2.75) is 6.04 Å². The van der Waals surface area contributed by atoms with Gasteiger partial charge in [-0.25, -0.2) is 0 Å². The van der Waals surface area contributed by atoms with Gasteiger partial charge in [0.2, 0.25) is 0 Å². The van der Waals surface area contributed by atoms with Crippen molar-refractivity contribution in [3.8, 4) is 0 Å². The van der Waals surface area contributed by atoms with Crippen LogP contribution in [0.5, 0.6) is 0 Å². The lowest BCUT2D eigenvalue weighted by atomic mass is 10.2. The summed E-state index contributed by atoms with van der Waals surface area (Å²) in [5.74, 6) is 0. The molecule has 0 radical (unpaired) electrons. The molecule has 1 aromatic heterocycles. The standard InChI is InChI=1S/C11H19BrClN3S/c1-15(2)4-5-16(3)9(7-14)10-6-8(12)11(13)17-10/h6,9H,4-5,7,14H2,1-3H3. The molecule has 0 fully saturated rings. The van der Waals surface area contributed by atoms with Crippen LogP contribution in [0, 0.1) is 0 Å². The van der Waals surface area contributed by atoms with Crippen molar-refractivity contribution in [3.63, 3.8) is 0 Å². The largest absolute Gasteiger partial charge is 0.329 e. The van der Waals surface area contributed by atoms with Crippen LogP contribution in [-0.4, -0.2) is 50.6 Å². The Morgan fingerprint density at radius 1 is 1.41 bits per heavy atom. The lowest BCUT2D eigenvalue weighted by Crippen LogP contribution is -2.35. The monoisotopic (exact) mass is 339 g/mol. The Hall–Kier alpha value is 0.350. The Bertz CT molecular complexity index is 337. The number of hydrogen-bond donors (Lipinski definition) is 1. The van der Waals surface area contributed by atoms with Crippen LogP contribution < -0.4 is 5.73 Å². The minimum Gasteiger partial charge on any atom is -0.329 e. The first-order valence-corrected chi connectivity index (χ1v) is 7.44. The molecule has 3 nitrogen and oxygen atoms in total. The van der Waals surface area contributed by atoms with E-state index in [4.69, 9.17) is 17.3 Å². The summed E-state index contributed by atoms with van der Waals surface area (Å²) in [7, 11) is 6.25. The Morgan fingerprint density at radius 3 is 2.47 bits per heavy atom. The van der Waals surface area contributed by atoms with Gasteiger partial charge >= 0.3 is 0 Å². The van der Waals surface area contributed by atoms with Crippen molar-refractivity contribution in [3.05, 3.63) is 19.8 Å². The Balaban J connectivity index is 2.70. The predicted molar refractivity (Wildman–Crippen MR) is 80.0 cm³/mol. The maximum atomic E-state index is 6.07. The van der Waals surface area contributed by atoms with Gasteiger partial charge in [-0.3, -0.25) is 4.90 Å². The predicted octanol–water partition coefficient (Wildman–Crippen LogP) is 2.66. The van der Waals surface area contributed by atoms with E-state index >= 15 is 0 Å². The molecule has 0 amide bonds. The first kappa shape index (κ1) is 15.4. The van der Waals surface area contributed by atoms with Gasteiger partial charge in [0.05, 0.1) is 6.04 Å². The topological polar surface area (TPSA) is 32.5 Å². The third-order valence-electron chi connectivity index (χ3n) is 2.65. The molecule has 98 valence electrons. The summed E-state index contributed by atoms with van der Waals surface area (Å²) in [5.41, 5.74) is 5.86. The summed E-state index contributed by atoms with van der Waals surface area (Å²) in [6.07, 6.45) is 0. The SMILES string of the molecule is CN(C)CCN(C)C(CN)c1cc(Br)c(Cl)s1. The number of nitrogens with two attached hydrogens (primary N) is 1. The summed E-state index contributed by atoms with van der Waals surface area (Å²) >= 11 is 11.1. The third kappa shape index (κ3) is 4.50. The molecule has 0 saturated heterocycles. The fourth-order valence-electron chi connectivity index (χ4n) is 1.55. The van der Waals surface area contributed by atoms with Crippen LogP contribution in [0.15, 0.2) is 10.5 Å². The van der Waals surface area contributed by atoms with Gasteiger partial charge in [-0.15, -0.1) is 11.3 Å². The van der Waals surface area contributed by atoms with Gasteiger partial charge in [0, 0.05) is 29.0 Å². The average molecular weight is 341 g/mol. The number of halogens is 2. The van der Waals surface area contributed by atoms with Crippen molar-refractivity contribution < 1.29 is 0 Å². The van der Waals surface area contributed by atoms with Crippen LogP contribution >= 0.6 is 38.9 Å². The van der Waals surface area contributed by atoms with Gasteiger partial charge in [-0.05, 0) is 43.1 Å². The molecule has 0 aliphatic rings. The van der Waals surface area contributed by atoms with E-state index in [2.05, 4.69) is 52.9 Å². The number of thiophene rings is 1. The molecule has 0 aliphatic carbocycles. The molecule has 0 saturated carbocycles. The van der Waals surface area contributed by atoms with Crippen molar-refractivity contribution in [1.29, 1.82) is 0 Å². The van der Waals surface area contributed by atoms with E-state index in [-0.39, 0.29) is 6.04 Å². The molecule has 1 heterocycles. The second-order valence-corrected chi connectivity index (χ2v) is 6.85. The van der Waals surface area contributed by atoms with Gasteiger partial charge in [0.15, 0.2) is 0 Å². The van der Waals surface area contributed by atoms with E-state index in [1.807, 2.05) is 0 Å². The highest BCUT2D eigenvalue weighted by Crippen LogP contribution is 2.36. The van der Waals surface area contributed by atoms with Crippen LogP contribution in [0.25, 0.3) is 0 Å². The second kappa shape index (κ2) is 7.07. The van der Waals surface area contributed by atoms with Gasteiger partial charge in [-0.2, -0.15) is 0 Å². The first-order valence-electron chi connectivity index (χ1n) is 5.45. The highest BCUT2D eigenvalue weighted by molar-refractivity contribution is 9.10. The quantitative estimate of drug-likeness (QED) is 0.864. The summed E-state index contributed by atoms with van der Waals surface area (Å²) in [6.45, 7) is 2.61. The Labute approximate surface area is 121 Å². The molecular weight excluding hydrogens is 322 g/mol. The lowest BCUT2D eigenvalue weighted by molar-refractivity contribution is 0.225. The number of hydrogen-bond acceptors (Lipinski definition) is 4. The fraction of sp³-hybridized carbons (Fsp3) is 0.636. The van der Waals surface area contributed by atoms with Crippen molar-refractivity contribution in [1.82, 2.24) is 9.80 Å². The molecule has 2 N–H and O–H groups in total. The zero-order valence-electron chi connectivity index (χ0n) is 10.4. The van der Waals surface area contributed by atoms with Crippen LogP contribution in [-0.2, 0) is 0 Å². The summed E-state index contributed by atoms with van der Waals surface area (Å²) < 4.78 is 1.75. The van der Waals surface area contributed by atoms with E-state index in [0.717, 1.165) is 21.9 Å². The van der Waals surface area contributed by atoms with Gasteiger partial charge in [0.25, 0.3) is 0 Å². The van der Waals surface area contributed by atoms with E-state index in [1.54, 1.807) is 11.3 Å². The molecule has 1 rings (SSSR count). The van der Waals surface area contributed by atoms with Gasteiger partial charge in [-0.1, -0.05) is 11.6 Å². The molecule has 0 aliphatic heterocycles. The van der Waals surface area contributed by atoms with Gasteiger partial charge in [0.1, 0.15) is 4.34 Å². The summed E-state index contributed by atoms with van der Waals surface area (Å²) in [4.78, 5) is 5.65. The third-order valence-corrected chi connectivity index (χ3v) is 5.22. The zero-order valence-corrected chi connectivity index (χ0v) is 13.6. The van der Waals surface area contributed by atoms with Gasteiger partial charge < -0.3 is 10.6 Å². The van der Waals surface area contributed by atoms with Crippen LogP contribution in [0.2, 0.25) is 4.34 Å². The summed E-state index contributed by atoms with van der Waals surface area (Å²) in [5, 5.41) is 0. The molecule has 1 atom stereocenters. The van der Waals surface area contributed by atoms with Crippen molar-refractivity contribution >= 4 is 38.9 Å². The average Bonchev–Trinajstić information content (AvgIpc) is 2.57. The minimum atomic E-state index is 0.240. The van der Waals surface area contributed by atoms with E-state index < -0.39 is 0 Å². The van der Waals surface area contributed by atoms with Crippen LogP contribution in [0.4, 0.5) is 0 Å². The van der Waals surface area contributed by atoms with E-state index in [0.29, 0.717) is 6.54 Å². The molecular formula is C11H19BrClN3S. The lowest BCUT2D eigenvalue weighted by Gasteiger charge is -2.27. The highest BCUT2D eigenvalue weighted by atomic mass is 79.9. The Morgan fingerprint density at radius 2 is 2.06 bits per heavy atom. The molecule has 17 heavy (non-hydrogen) atoms. The van der Waals surface area contributed by atoms with E-state index in [9.17, 15) is 0 Å². The van der Waals surface area contributed by atoms with Crippen molar-refractivity contribution in [2.75, 3.05) is 40.8 Å². The maximum Gasteiger partial charge on any atom is 0.107 e. The first-order chi connectivity index (χ1) is 7.95. The molecule has 0 bridgehead atoms. The Kier molecular flexibility index (Phi) is 6.40. The number of rotatable bonds is 6. The normalized spacial score (nSPS) is 13.6. The number of nitrogens with zero attached hydrogens (tertiary/aromatic N) is 2. The maximum absolute atomic E-state index is 6.07. The smallest absolute Gasteiger partial charge is 0.107 e. The molecule has 1 aromatic rings. The number of likely N-dealkylation sites (N-methyl/N-ethyl adjacent to an activating group) is 2. The molecule has 1 unspecified atom stereocenters.